The molecular formula is C28H26F2N4O5. The number of ether oxygens (including phenoxy) is 2. The van der Waals surface area contributed by atoms with Crippen LogP contribution in [0.3, 0.4) is 0 Å². The van der Waals surface area contributed by atoms with Gasteiger partial charge in [0.2, 0.25) is 5.88 Å². The Morgan fingerprint density at radius 3 is 2.54 bits per heavy atom. The smallest absolute Gasteiger partial charge is 0.341 e. The van der Waals surface area contributed by atoms with Crippen LogP contribution in [-0.2, 0) is 4.74 Å². The molecule has 202 valence electrons. The minimum absolute atomic E-state index is 0.0364. The van der Waals surface area contributed by atoms with E-state index in [1.165, 1.54) is 54.2 Å². The van der Waals surface area contributed by atoms with E-state index in [1.54, 1.807) is 6.92 Å². The second-order valence-electron chi connectivity index (χ2n) is 9.29. The number of amides is 1. The first-order chi connectivity index (χ1) is 18.8. The van der Waals surface area contributed by atoms with E-state index >= 15 is 4.39 Å². The second kappa shape index (κ2) is 10.8. The third kappa shape index (κ3) is 5.05. The molecule has 0 radical (unpaired) electrons. The second-order valence-corrected chi connectivity index (χ2v) is 9.29. The molecule has 0 saturated carbocycles. The summed E-state index contributed by atoms with van der Waals surface area (Å²) in [5.41, 5.74) is 0.880. The molecule has 0 spiro atoms. The number of hydrogen-bond acceptors (Lipinski definition) is 6. The van der Waals surface area contributed by atoms with Gasteiger partial charge < -0.3 is 19.9 Å². The molecule has 4 heterocycles. The Bertz CT molecular complexity index is 1560. The summed E-state index contributed by atoms with van der Waals surface area (Å²) in [6, 6.07) is 8.13. The molecule has 2 N–H and O–H groups in total. The molecule has 1 saturated heterocycles. The number of nitrogens with zero attached hydrogens (tertiary/aromatic N) is 3. The molecule has 9 nitrogen and oxygen atoms in total. The predicted molar refractivity (Wildman–Crippen MR) is 138 cm³/mol. The lowest BCUT2D eigenvalue weighted by Crippen LogP contribution is -2.22. The lowest BCUT2D eigenvalue weighted by molar-refractivity contribution is 0.0482. The van der Waals surface area contributed by atoms with Crippen LogP contribution in [0.1, 0.15) is 39.3 Å². The molecule has 0 aliphatic carbocycles. The summed E-state index contributed by atoms with van der Waals surface area (Å²) < 4.78 is 42.1. The Kier molecular flexibility index (Phi) is 7.25. The quantitative estimate of drug-likeness (QED) is 0.357. The van der Waals surface area contributed by atoms with Gasteiger partial charge >= 0.3 is 5.97 Å². The fourth-order valence-corrected chi connectivity index (χ4v) is 4.69. The van der Waals surface area contributed by atoms with Crippen molar-refractivity contribution in [3.63, 3.8) is 0 Å². The number of hydrogen-bond donors (Lipinski definition) is 2. The number of rotatable bonds is 7. The largest absolute Gasteiger partial charge is 0.477 e. The maximum atomic E-state index is 16.2. The number of aromatic carboxylic acids is 1. The summed E-state index contributed by atoms with van der Waals surface area (Å²) in [5.74, 6) is -2.91. The number of benzene rings is 1. The van der Waals surface area contributed by atoms with Crippen LogP contribution in [0.25, 0.3) is 27.9 Å². The molecule has 11 heteroatoms. The lowest BCUT2D eigenvalue weighted by Gasteiger charge is -2.22. The summed E-state index contributed by atoms with van der Waals surface area (Å²) in [6.45, 7) is 3.18. The molecule has 3 aromatic heterocycles. The Morgan fingerprint density at radius 2 is 1.87 bits per heavy atom. The molecule has 1 amide bonds. The molecule has 0 atom stereocenters. The van der Waals surface area contributed by atoms with Gasteiger partial charge in [-0.05, 0) is 62.1 Å². The number of pyridine rings is 2. The van der Waals surface area contributed by atoms with Gasteiger partial charge in [-0.2, -0.15) is 5.10 Å². The highest BCUT2D eigenvalue weighted by Crippen LogP contribution is 2.35. The van der Waals surface area contributed by atoms with Crippen LogP contribution in [0, 0.1) is 24.5 Å². The fourth-order valence-electron chi connectivity index (χ4n) is 4.69. The van der Waals surface area contributed by atoms with Gasteiger partial charge in [-0.3, -0.25) is 4.79 Å². The monoisotopic (exact) mass is 536 g/mol. The third-order valence-corrected chi connectivity index (χ3v) is 6.80. The van der Waals surface area contributed by atoms with E-state index in [0.29, 0.717) is 31.1 Å². The first kappa shape index (κ1) is 26.2. The normalized spacial score (nSPS) is 13.9. The highest BCUT2D eigenvalue weighted by molar-refractivity contribution is 6.07. The van der Waals surface area contributed by atoms with E-state index in [2.05, 4.69) is 15.4 Å². The predicted octanol–water partition coefficient (Wildman–Crippen LogP) is 4.51. The zero-order valence-electron chi connectivity index (χ0n) is 21.3. The summed E-state index contributed by atoms with van der Waals surface area (Å²) in [6.07, 6.45) is 3.09. The number of carboxylic acid groups (broad SMARTS) is 1. The molecule has 39 heavy (non-hydrogen) atoms. The molecular weight excluding hydrogens is 510 g/mol. The van der Waals surface area contributed by atoms with Gasteiger partial charge in [-0.15, -0.1) is 0 Å². The number of aromatic nitrogens is 3. The zero-order valence-corrected chi connectivity index (χ0v) is 21.3. The number of aryl methyl sites for hydroxylation is 1. The molecule has 1 aliphatic heterocycles. The highest BCUT2D eigenvalue weighted by Gasteiger charge is 2.27. The third-order valence-electron chi connectivity index (χ3n) is 6.80. The number of fused-ring (bicyclic) bond motifs is 1. The Labute approximate surface area is 222 Å². The molecule has 1 fully saturated rings. The van der Waals surface area contributed by atoms with Crippen molar-refractivity contribution in [3.05, 3.63) is 71.1 Å². The number of carbonyl (C=O) groups excluding carboxylic acids is 1. The van der Waals surface area contributed by atoms with Gasteiger partial charge in [0.05, 0.1) is 12.2 Å². The fraction of sp³-hybridized carbons (Fsp3) is 0.286. The van der Waals surface area contributed by atoms with Crippen molar-refractivity contribution in [3.8, 4) is 28.3 Å². The van der Waals surface area contributed by atoms with Gasteiger partial charge in [-0.25, -0.2) is 23.1 Å². The minimum atomic E-state index is -1.26. The van der Waals surface area contributed by atoms with E-state index in [0.717, 1.165) is 12.8 Å². The summed E-state index contributed by atoms with van der Waals surface area (Å²) in [5, 5.41) is 16.8. The van der Waals surface area contributed by atoms with E-state index in [1.807, 2.05) is 0 Å². The molecule has 0 bridgehead atoms. The first-order valence-electron chi connectivity index (χ1n) is 12.4. The van der Waals surface area contributed by atoms with Crippen molar-refractivity contribution >= 4 is 17.4 Å². The van der Waals surface area contributed by atoms with Crippen LogP contribution in [0.5, 0.6) is 5.88 Å². The SMILES string of the molecule is CNC(=O)c1c(-c2ccc(F)cc2)nn2ccc(-c3cc(C(=O)O)c(OCC4CCOCC4)nc3C)c(F)c12. The number of carbonyl (C=O) groups is 2. The Balaban J connectivity index is 1.61. The maximum absolute atomic E-state index is 16.2. The van der Waals surface area contributed by atoms with E-state index in [4.69, 9.17) is 9.47 Å². The van der Waals surface area contributed by atoms with Gasteiger partial charge in [0.1, 0.15) is 22.6 Å². The van der Waals surface area contributed by atoms with Crippen LogP contribution < -0.4 is 10.1 Å². The van der Waals surface area contributed by atoms with Gasteiger partial charge in [0, 0.05) is 48.8 Å². The maximum Gasteiger partial charge on any atom is 0.341 e. The number of halogens is 2. The number of carboxylic acids is 1. The van der Waals surface area contributed by atoms with Crippen molar-refractivity contribution in [2.45, 2.75) is 19.8 Å². The Hall–Kier alpha value is -4.38. The summed E-state index contributed by atoms with van der Waals surface area (Å²) >= 11 is 0. The molecule has 5 rings (SSSR count). The van der Waals surface area contributed by atoms with Crippen LogP contribution in [0.4, 0.5) is 8.78 Å². The summed E-state index contributed by atoms with van der Waals surface area (Å²) in [4.78, 5) is 29.4. The topological polar surface area (TPSA) is 115 Å². The van der Waals surface area contributed by atoms with Crippen molar-refractivity contribution < 1.29 is 33.0 Å². The average molecular weight is 537 g/mol. The van der Waals surface area contributed by atoms with E-state index in [9.17, 15) is 19.1 Å². The van der Waals surface area contributed by atoms with Crippen molar-refractivity contribution in [1.29, 1.82) is 0 Å². The van der Waals surface area contributed by atoms with Crippen LogP contribution in [-0.4, -0.2) is 58.4 Å². The van der Waals surface area contributed by atoms with Crippen LogP contribution in [0.15, 0.2) is 42.6 Å². The number of nitrogens with one attached hydrogen (secondary N) is 1. The molecule has 1 aromatic carbocycles. The van der Waals surface area contributed by atoms with Crippen LogP contribution >= 0.6 is 0 Å². The van der Waals surface area contributed by atoms with Crippen molar-refractivity contribution in [1.82, 2.24) is 19.9 Å². The lowest BCUT2D eigenvalue weighted by atomic mass is 10.00. The minimum Gasteiger partial charge on any atom is -0.477 e. The highest BCUT2D eigenvalue weighted by atomic mass is 19.1. The Morgan fingerprint density at radius 1 is 1.15 bits per heavy atom. The van der Waals surface area contributed by atoms with Gasteiger partial charge in [-0.1, -0.05) is 0 Å². The van der Waals surface area contributed by atoms with Crippen molar-refractivity contribution in [2.75, 3.05) is 26.9 Å². The molecule has 4 aromatic rings. The van der Waals surface area contributed by atoms with Crippen LogP contribution in [0.2, 0.25) is 0 Å². The van der Waals surface area contributed by atoms with Gasteiger partial charge in [0.25, 0.3) is 5.91 Å². The van der Waals surface area contributed by atoms with Gasteiger partial charge in [0.15, 0.2) is 5.82 Å². The average Bonchev–Trinajstić information content (AvgIpc) is 3.33. The van der Waals surface area contributed by atoms with E-state index < -0.39 is 23.5 Å². The molecule has 0 unspecified atom stereocenters. The van der Waals surface area contributed by atoms with Crippen molar-refractivity contribution in [2.24, 2.45) is 5.92 Å². The molecule has 1 aliphatic rings. The first-order valence-corrected chi connectivity index (χ1v) is 12.4. The van der Waals surface area contributed by atoms with E-state index in [-0.39, 0.29) is 45.3 Å². The summed E-state index contributed by atoms with van der Waals surface area (Å²) in [7, 11) is 1.41. The zero-order chi connectivity index (χ0) is 27.7. The standard InChI is InChI=1S/C28H26F2N4O5/c1-15-20(13-21(28(36)37)27(32-15)39-14-16-8-11-38-12-9-16)19-7-10-34-25(23(19)30)22(26(35)31-2)24(33-34)17-3-5-18(29)6-4-17/h3-7,10,13,16H,8-9,11-12,14H2,1-2H3,(H,31,35)(H,36,37).